The maximum Gasteiger partial charge on any atom is 0.253 e. The molecule has 0 fully saturated rings. The van der Waals surface area contributed by atoms with Crippen LogP contribution in [0, 0.1) is 0 Å². The van der Waals surface area contributed by atoms with E-state index in [9.17, 15) is 14.4 Å². The molecule has 24 heavy (non-hydrogen) atoms. The van der Waals surface area contributed by atoms with Crippen LogP contribution in [0.25, 0.3) is 0 Å². The first kappa shape index (κ1) is 17.2. The number of rotatable bonds is 7. The Labute approximate surface area is 138 Å². The summed E-state index contributed by atoms with van der Waals surface area (Å²) in [5.74, 6) is 0.190. The van der Waals surface area contributed by atoms with E-state index in [2.05, 4.69) is 15.6 Å². The van der Waals surface area contributed by atoms with Gasteiger partial charge in [-0.05, 0) is 24.3 Å². The highest BCUT2D eigenvalue weighted by Gasteiger charge is 2.05. The van der Waals surface area contributed by atoms with E-state index in [4.69, 9.17) is 4.74 Å². The van der Waals surface area contributed by atoms with Crippen molar-refractivity contribution in [1.29, 1.82) is 0 Å². The molecule has 2 aromatic rings. The molecule has 8 heteroatoms. The van der Waals surface area contributed by atoms with Crippen molar-refractivity contribution in [2.24, 2.45) is 0 Å². The minimum Gasteiger partial charge on any atom is -0.492 e. The van der Waals surface area contributed by atoms with Gasteiger partial charge < -0.3 is 15.4 Å². The van der Waals surface area contributed by atoms with Crippen molar-refractivity contribution in [3.8, 4) is 5.75 Å². The Kier molecular flexibility index (Phi) is 6.07. The molecule has 0 aliphatic rings. The monoisotopic (exact) mass is 330 g/mol. The molecule has 0 saturated carbocycles. The topological polar surface area (TPSA) is 102 Å². The third-order valence-electron chi connectivity index (χ3n) is 2.99. The molecular weight excluding hydrogens is 312 g/mol. The molecule has 2 amide bonds. The second kappa shape index (κ2) is 8.47. The average Bonchev–Trinajstić information content (AvgIpc) is 2.55. The first-order valence-electron chi connectivity index (χ1n) is 7.32. The molecule has 126 valence electrons. The van der Waals surface area contributed by atoms with Crippen molar-refractivity contribution in [3.63, 3.8) is 0 Å². The van der Waals surface area contributed by atoms with Gasteiger partial charge in [0.15, 0.2) is 0 Å². The predicted molar refractivity (Wildman–Crippen MR) is 87.7 cm³/mol. The molecule has 0 saturated heterocycles. The maximum absolute atomic E-state index is 11.9. The highest BCUT2D eigenvalue weighted by molar-refractivity contribution is 5.90. The van der Waals surface area contributed by atoms with Gasteiger partial charge in [0.05, 0.1) is 12.9 Å². The average molecular weight is 330 g/mol. The van der Waals surface area contributed by atoms with Gasteiger partial charge >= 0.3 is 0 Å². The molecule has 0 atom stereocenters. The first-order chi connectivity index (χ1) is 11.5. The van der Waals surface area contributed by atoms with Crippen molar-refractivity contribution in [3.05, 3.63) is 53.2 Å². The van der Waals surface area contributed by atoms with Crippen LogP contribution >= 0.6 is 0 Å². The Balaban J connectivity index is 1.82. The molecule has 1 aromatic heterocycles. The fourth-order valence-corrected chi connectivity index (χ4v) is 1.88. The largest absolute Gasteiger partial charge is 0.492 e. The van der Waals surface area contributed by atoms with Crippen molar-refractivity contribution >= 4 is 17.5 Å². The zero-order chi connectivity index (χ0) is 17.4. The summed E-state index contributed by atoms with van der Waals surface area (Å²) in [5, 5.41) is 5.32. The summed E-state index contributed by atoms with van der Waals surface area (Å²) in [5.41, 5.74) is 0.300. The molecule has 0 radical (unpaired) electrons. The van der Waals surface area contributed by atoms with E-state index in [0.29, 0.717) is 24.6 Å². The third-order valence-corrected chi connectivity index (χ3v) is 2.99. The highest BCUT2D eigenvalue weighted by atomic mass is 16.5. The van der Waals surface area contributed by atoms with Crippen LogP contribution in [0.15, 0.2) is 47.7 Å². The van der Waals surface area contributed by atoms with Crippen LogP contribution in [0.4, 0.5) is 5.69 Å². The second-order valence-electron chi connectivity index (χ2n) is 4.95. The third kappa shape index (κ3) is 5.56. The molecule has 0 spiro atoms. The van der Waals surface area contributed by atoms with Crippen LogP contribution < -0.4 is 20.9 Å². The number of nitrogens with zero attached hydrogens (tertiary/aromatic N) is 2. The SMILES string of the molecule is CC(=O)NCCOc1ccc(NC(=O)Cn2cnccc2=O)cc1. The van der Waals surface area contributed by atoms with E-state index in [1.54, 1.807) is 24.3 Å². The van der Waals surface area contributed by atoms with Gasteiger partial charge in [0.25, 0.3) is 5.56 Å². The quantitative estimate of drug-likeness (QED) is 0.715. The molecule has 1 heterocycles. The lowest BCUT2D eigenvalue weighted by atomic mass is 10.3. The Morgan fingerprint density at radius 1 is 1.21 bits per heavy atom. The minimum atomic E-state index is -0.329. The number of aromatic nitrogens is 2. The summed E-state index contributed by atoms with van der Waals surface area (Å²) in [6.45, 7) is 2.11. The number of amides is 2. The van der Waals surface area contributed by atoms with E-state index in [0.717, 1.165) is 0 Å². The Morgan fingerprint density at radius 2 is 1.96 bits per heavy atom. The maximum atomic E-state index is 11.9. The summed E-state index contributed by atoms with van der Waals surface area (Å²) >= 11 is 0. The van der Waals surface area contributed by atoms with Crippen molar-refractivity contribution < 1.29 is 14.3 Å². The summed E-state index contributed by atoms with van der Waals surface area (Å²) in [7, 11) is 0. The van der Waals surface area contributed by atoms with E-state index in [1.807, 2.05) is 0 Å². The number of anilines is 1. The number of ether oxygens (including phenoxy) is 1. The lowest BCUT2D eigenvalue weighted by Crippen LogP contribution is -2.27. The summed E-state index contributed by atoms with van der Waals surface area (Å²) in [4.78, 5) is 38.0. The molecule has 0 unspecified atom stereocenters. The zero-order valence-electron chi connectivity index (χ0n) is 13.2. The normalized spacial score (nSPS) is 10.0. The van der Waals surface area contributed by atoms with Crippen LogP contribution in [0.3, 0.4) is 0 Å². The van der Waals surface area contributed by atoms with Gasteiger partial charge in [-0.1, -0.05) is 0 Å². The Bertz CT molecular complexity index is 755. The number of carbonyl (C=O) groups is 2. The summed E-state index contributed by atoms with van der Waals surface area (Å²) < 4.78 is 6.66. The van der Waals surface area contributed by atoms with Gasteiger partial charge in [-0.2, -0.15) is 0 Å². The van der Waals surface area contributed by atoms with Crippen LogP contribution in [0.1, 0.15) is 6.92 Å². The van der Waals surface area contributed by atoms with E-state index < -0.39 is 0 Å². The smallest absolute Gasteiger partial charge is 0.253 e. The molecule has 0 bridgehead atoms. The van der Waals surface area contributed by atoms with Crippen LogP contribution in [-0.4, -0.2) is 34.5 Å². The van der Waals surface area contributed by atoms with Gasteiger partial charge in [0.2, 0.25) is 11.8 Å². The fraction of sp³-hybridized carbons (Fsp3) is 0.250. The van der Waals surface area contributed by atoms with Gasteiger partial charge in [-0.15, -0.1) is 0 Å². The summed E-state index contributed by atoms with van der Waals surface area (Å²) in [6, 6.07) is 8.09. The molecule has 1 aromatic carbocycles. The van der Waals surface area contributed by atoms with Crippen LogP contribution in [-0.2, 0) is 16.1 Å². The van der Waals surface area contributed by atoms with Crippen LogP contribution in [0.5, 0.6) is 5.75 Å². The molecule has 0 aliphatic carbocycles. The zero-order valence-corrected chi connectivity index (χ0v) is 13.2. The van der Waals surface area contributed by atoms with Gasteiger partial charge in [0.1, 0.15) is 18.9 Å². The molecule has 2 rings (SSSR count). The standard InChI is InChI=1S/C16H18N4O4/c1-12(21)18-8-9-24-14-4-2-13(3-5-14)19-15(22)10-20-11-17-7-6-16(20)23/h2-7,11H,8-10H2,1H3,(H,18,21)(H,19,22). The van der Waals surface area contributed by atoms with Gasteiger partial charge in [-0.3, -0.25) is 19.0 Å². The minimum absolute atomic E-state index is 0.107. The lowest BCUT2D eigenvalue weighted by molar-refractivity contribution is -0.119. The predicted octanol–water partition coefficient (Wildman–Crippen LogP) is 0.397. The number of carbonyl (C=O) groups excluding carboxylic acids is 2. The molecule has 2 N–H and O–H groups in total. The van der Waals surface area contributed by atoms with Crippen molar-refractivity contribution in [2.45, 2.75) is 13.5 Å². The molecule has 8 nitrogen and oxygen atoms in total. The lowest BCUT2D eigenvalue weighted by Gasteiger charge is -2.09. The number of nitrogens with one attached hydrogen (secondary N) is 2. The van der Waals surface area contributed by atoms with Crippen LogP contribution in [0.2, 0.25) is 0 Å². The van der Waals surface area contributed by atoms with Gasteiger partial charge in [0, 0.05) is 24.9 Å². The van der Waals surface area contributed by atoms with E-state index in [-0.39, 0.29) is 23.9 Å². The summed E-state index contributed by atoms with van der Waals surface area (Å²) in [6.07, 6.45) is 2.69. The van der Waals surface area contributed by atoms with E-state index >= 15 is 0 Å². The number of hydrogen-bond acceptors (Lipinski definition) is 5. The Hall–Kier alpha value is -3.16. The fourth-order valence-electron chi connectivity index (χ4n) is 1.88. The second-order valence-corrected chi connectivity index (χ2v) is 4.95. The van der Waals surface area contributed by atoms with E-state index in [1.165, 1.54) is 30.1 Å². The number of hydrogen-bond donors (Lipinski definition) is 2. The van der Waals surface area contributed by atoms with Crippen molar-refractivity contribution in [2.75, 3.05) is 18.5 Å². The highest BCUT2D eigenvalue weighted by Crippen LogP contribution is 2.15. The number of benzene rings is 1. The Morgan fingerprint density at radius 3 is 2.62 bits per heavy atom. The molecular formula is C16H18N4O4. The molecule has 0 aliphatic heterocycles. The van der Waals surface area contributed by atoms with Gasteiger partial charge in [-0.25, -0.2) is 4.98 Å². The first-order valence-corrected chi connectivity index (χ1v) is 7.32. The van der Waals surface area contributed by atoms with Crippen molar-refractivity contribution in [1.82, 2.24) is 14.9 Å².